The maximum absolute atomic E-state index is 5.56. The second-order valence-corrected chi connectivity index (χ2v) is 3.73. The van der Waals surface area contributed by atoms with Gasteiger partial charge in [0, 0.05) is 12.6 Å². The van der Waals surface area contributed by atoms with Gasteiger partial charge in [0.05, 0.1) is 12.7 Å². The topological polar surface area (TPSA) is 21.3 Å². The van der Waals surface area contributed by atoms with Crippen LogP contribution in [0.2, 0.25) is 0 Å². The zero-order valence-corrected chi connectivity index (χ0v) is 9.60. The first-order valence-corrected chi connectivity index (χ1v) is 5.55. The predicted octanol–water partition coefficient (Wildman–Crippen LogP) is 2.58. The summed E-state index contributed by atoms with van der Waals surface area (Å²) in [6.45, 7) is 10.5. The minimum absolute atomic E-state index is 0.406. The third kappa shape index (κ3) is 8.26. The van der Waals surface area contributed by atoms with Crippen molar-refractivity contribution >= 4 is 0 Å². The third-order valence-electron chi connectivity index (χ3n) is 2.29. The lowest BCUT2D eigenvalue weighted by atomic mass is 10.2. The number of nitrogens with one attached hydrogen (secondary N) is 1. The Morgan fingerprint density at radius 3 is 2.46 bits per heavy atom. The molecule has 0 aliphatic rings. The van der Waals surface area contributed by atoms with E-state index in [-0.39, 0.29) is 0 Å². The molecule has 2 atom stereocenters. The second kappa shape index (κ2) is 8.52. The van der Waals surface area contributed by atoms with E-state index in [4.69, 9.17) is 4.74 Å². The fourth-order valence-corrected chi connectivity index (χ4v) is 1.22. The van der Waals surface area contributed by atoms with Crippen LogP contribution < -0.4 is 5.32 Å². The molecular formula is C11H25NO. The molecule has 0 aromatic carbocycles. The highest BCUT2D eigenvalue weighted by Crippen LogP contribution is 1.96. The molecule has 0 rings (SSSR count). The monoisotopic (exact) mass is 187 g/mol. The van der Waals surface area contributed by atoms with Crippen LogP contribution in [0.15, 0.2) is 0 Å². The van der Waals surface area contributed by atoms with Gasteiger partial charge in [-0.25, -0.2) is 0 Å². The molecule has 0 saturated carbocycles. The Kier molecular flexibility index (Phi) is 8.46. The van der Waals surface area contributed by atoms with Crippen LogP contribution in [0.25, 0.3) is 0 Å². The Hall–Kier alpha value is -0.0800. The molecule has 80 valence electrons. The van der Waals surface area contributed by atoms with Crippen molar-refractivity contribution in [3.63, 3.8) is 0 Å². The molecule has 0 saturated heterocycles. The van der Waals surface area contributed by atoms with Gasteiger partial charge in [-0.1, -0.05) is 20.3 Å². The van der Waals surface area contributed by atoms with Gasteiger partial charge in [0.1, 0.15) is 0 Å². The van der Waals surface area contributed by atoms with E-state index in [2.05, 4.69) is 33.0 Å². The Labute approximate surface area is 83.1 Å². The Morgan fingerprint density at radius 2 is 1.92 bits per heavy atom. The van der Waals surface area contributed by atoms with Crippen molar-refractivity contribution in [1.29, 1.82) is 0 Å². The van der Waals surface area contributed by atoms with Gasteiger partial charge in [0.25, 0.3) is 0 Å². The Bertz CT molecular complexity index is 106. The number of rotatable bonds is 8. The number of hydrogen-bond donors (Lipinski definition) is 1. The maximum Gasteiger partial charge on any atom is 0.0594 e. The van der Waals surface area contributed by atoms with Gasteiger partial charge in [0.15, 0.2) is 0 Å². The average molecular weight is 187 g/mol. The molecule has 0 aliphatic carbocycles. The van der Waals surface area contributed by atoms with E-state index in [1.54, 1.807) is 0 Å². The van der Waals surface area contributed by atoms with E-state index in [1.807, 2.05) is 0 Å². The Balaban J connectivity index is 3.15. The summed E-state index contributed by atoms with van der Waals surface area (Å²) >= 11 is 0. The number of hydrogen-bond acceptors (Lipinski definition) is 2. The standard InChI is InChI=1S/C11H25NO/c1-5-7-10(3)12-8-9-13-11(4)6-2/h10-12H,5-9H2,1-4H3. The first-order chi connectivity index (χ1) is 6.20. The van der Waals surface area contributed by atoms with E-state index in [1.165, 1.54) is 12.8 Å². The van der Waals surface area contributed by atoms with Gasteiger partial charge in [0.2, 0.25) is 0 Å². The first kappa shape index (κ1) is 12.9. The summed E-state index contributed by atoms with van der Waals surface area (Å²) < 4.78 is 5.56. The lowest BCUT2D eigenvalue weighted by Crippen LogP contribution is -2.30. The van der Waals surface area contributed by atoms with Crippen molar-refractivity contribution in [2.45, 2.75) is 59.1 Å². The van der Waals surface area contributed by atoms with Crippen molar-refractivity contribution in [2.24, 2.45) is 0 Å². The fraction of sp³-hybridized carbons (Fsp3) is 1.00. The third-order valence-corrected chi connectivity index (χ3v) is 2.29. The summed E-state index contributed by atoms with van der Waals surface area (Å²) in [6.07, 6.45) is 4.01. The highest BCUT2D eigenvalue weighted by Gasteiger charge is 2.00. The van der Waals surface area contributed by atoms with Crippen LogP contribution >= 0.6 is 0 Å². The highest BCUT2D eigenvalue weighted by molar-refractivity contribution is 4.58. The zero-order valence-electron chi connectivity index (χ0n) is 9.60. The van der Waals surface area contributed by atoms with E-state index in [0.717, 1.165) is 19.6 Å². The molecule has 0 bridgehead atoms. The minimum atomic E-state index is 0.406. The normalized spacial score (nSPS) is 15.7. The molecule has 13 heavy (non-hydrogen) atoms. The molecule has 2 nitrogen and oxygen atoms in total. The van der Waals surface area contributed by atoms with Crippen LogP contribution in [0.1, 0.15) is 47.0 Å². The van der Waals surface area contributed by atoms with Gasteiger partial charge < -0.3 is 10.1 Å². The molecule has 0 fully saturated rings. The summed E-state index contributed by atoms with van der Waals surface area (Å²) in [5.41, 5.74) is 0. The molecule has 0 aliphatic heterocycles. The van der Waals surface area contributed by atoms with Crippen LogP contribution in [0.5, 0.6) is 0 Å². The average Bonchev–Trinajstić information content (AvgIpc) is 2.12. The van der Waals surface area contributed by atoms with Crippen molar-refractivity contribution in [3.8, 4) is 0 Å². The van der Waals surface area contributed by atoms with E-state index in [9.17, 15) is 0 Å². The SMILES string of the molecule is CCCC(C)NCCOC(C)CC. The molecular weight excluding hydrogens is 162 g/mol. The summed E-state index contributed by atoms with van der Waals surface area (Å²) in [7, 11) is 0. The van der Waals surface area contributed by atoms with Gasteiger partial charge in [-0.15, -0.1) is 0 Å². The summed E-state index contributed by atoms with van der Waals surface area (Å²) in [5.74, 6) is 0. The number of ether oxygens (including phenoxy) is 1. The lowest BCUT2D eigenvalue weighted by molar-refractivity contribution is 0.0644. The van der Waals surface area contributed by atoms with Crippen LogP contribution in [-0.4, -0.2) is 25.3 Å². The van der Waals surface area contributed by atoms with Crippen LogP contribution in [-0.2, 0) is 4.74 Å². The molecule has 2 unspecified atom stereocenters. The maximum atomic E-state index is 5.56. The van der Waals surface area contributed by atoms with Crippen molar-refractivity contribution in [1.82, 2.24) is 5.32 Å². The fourth-order valence-electron chi connectivity index (χ4n) is 1.22. The molecule has 0 radical (unpaired) electrons. The summed E-state index contributed by atoms with van der Waals surface area (Å²) in [4.78, 5) is 0. The van der Waals surface area contributed by atoms with Gasteiger partial charge in [-0.2, -0.15) is 0 Å². The highest BCUT2D eigenvalue weighted by atomic mass is 16.5. The predicted molar refractivity (Wildman–Crippen MR) is 58.1 cm³/mol. The van der Waals surface area contributed by atoms with Crippen LogP contribution in [0.4, 0.5) is 0 Å². The van der Waals surface area contributed by atoms with Crippen LogP contribution in [0.3, 0.4) is 0 Å². The molecule has 0 aromatic rings. The summed E-state index contributed by atoms with van der Waals surface area (Å²) in [5, 5.41) is 3.44. The quantitative estimate of drug-likeness (QED) is 0.590. The van der Waals surface area contributed by atoms with Crippen LogP contribution in [0, 0.1) is 0 Å². The van der Waals surface area contributed by atoms with Gasteiger partial charge >= 0.3 is 0 Å². The summed E-state index contributed by atoms with van der Waals surface area (Å²) in [6, 6.07) is 0.630. The Morgan fingerprint density at radius 1 is 1.23 bits per heavy atom. The molecule has 0 spiro atoms. The van der Waals surface area contributed by atoms with Crippen molar-refractivity contribution < 1.29 is 4.74 Å². The van der Waals surface area contributed by atoms with E-state index in [0.29, 0.717) is 12.1 Å². The lowest BCUT2D eigenvalue weighted by Gasteiger charge is -2.14. The smallest absolute Gasteiger partial charge is 0.0594 e. The minimum Gasteiger partial charge on any atom is -0.377 e. The molecule has 2 heteroatoms. The van der Waals surface area contributed by atoms with Crippen molar-refractivity contribution in [3.05, 3.63) is 0 Å². The molecule has 0 aromatic heterocycles. The second-order valence-electron chi connectivity index (χ2n) is 3.73. The zero-order chi connectivity index (χ0) is 10.1. The van der Waals surface area contributed by atoms with E-state index < -0.39 is 0 Å². The van der Waals surface area contributed by atoms with Gasteiger partial charge in [-0.3, -0.25) is 0 Å². The largest absolute Gasteiger partial charge is 0.377 e. The van der Waals surface area contributed by atoms with Crippen molar-refractivity contribution in [2.75, 3.05) is 13.2 Å². The first-order valence-electron chi connectivity index (χ1n) is 5.55. The molecule has 0 heterocycles. The van der Waals surface area contributed by atoms with Gasteiger partial charge in [-0.05, 0) is 26.7 Å². The molecule has 0 amide bonds. The molecule has 1 N–H and O–H groups in total. The van der Waals surface area contributed by atoms with E-state index >= 15 is 0 Å².